The summed E-state index contributed by atoms with van der Waals surface area (Å²) in [6.45, 7) is 1.46. The van der Waals surface area contributed by atoms with Gasteiger partial charge in [0.05, 0.1) is 0 Å². The van der Waals surface area contributed by atoms with Gasteiger partial charge in [0.2, 0.25) is 0 Å². The molecule has 0 heterocycles. The minimum Gasteiger partial charge on any atom is -0.500 e. The lowest BCUT2D eigenvalue weighted by atomic mass is 9.97. The molecule has 1 aromatic carbocycles. The summed E-state index contributed by atoms with van der Waals surface area (Å²) in [7, 11) is 0. The number of hydrogen-bond donors (Lipinski definition) is 2. The van der Waals surface area contributed by atoms with Gasteiger partial charge >= 0.3 is 0 Å². The third-order valence-electron chi connectivity index (χ3n) is 1.75. The summed E-state index contributed by atoms with van der Waals surface area (Å²) in [6.07, 6.45) is 0. The molecule has 2 N–H and O–H groups in total. The standard InChI is InChI=1S/C9H10O2S/c1-9(11,8(10)12)7-5-3-2-4-6-7/h2-6,11H,1H3,(H,10,12)/t9-/m1/s1. The third-order valence-corrected chi connectivity index (χ3v) is 2.15. The normalized spacial score (nSPS) is 15.2. The van der Waals surface area contributed by atoms with Crippen LogP contribution in [0.25, 0.3) is 0 Å². The summed E-state index contributed by atoms with van der Waals surface area (Å²) in [5, 5.41) is 18.3. The predicted octanol–water partition coefficient (Wildman–Crippen LogP) is 1.78. The van der Waals surface area contributed by atoms with Gasteiger partial charge in [-0.05, 0) is 24.7 Å². The van der Waals surface area contributed by atoms with E-state index in [1.807, 2.05) is 6.07 Å². The van der Waals surface area contributed by atoms with Crippen LogP contribution in [-0.2, 0) is 5.60 Å². The van der Waals surface area contributed by atoms with Crippen LogP contribution in [0, 0.1) is 0 Å². The maximum Gasteiger partial charge on any atom is 0.193 e. The second-order valence-electron chi connectivity index (χ2n) is 2.74. The number of hydrogen-bond acceptors (Lipinski definition) is 2. The summed E-state index contributed by atoms with van der Waals surface area (Å²) >= 11 is 4.52. The topological polar surface area (TPSA) is 40.5 Å². The number of benzene rings is 1. The first-order chi connectivity index (χ1) is 5.55. The molecule has 0 aliphatic carbocycles. The molecule has 12 heavy (non-hydrogen) atoms. The molecule has 0 radical (unpaired) electrons. The molecule has 0 unspecified atom stereocenters. The van der Waals surface area contributed by atoms with E-state index in [0.29, 0.717) is 5.56 Å². The number of aliphatic hydroxyl groups is 2. The molecule has 0 spiro atoms. The Morgan fingerprint density at radius 2 is 1.83 bits per heavy atom. The average Bonchev–Trinajstić information content (AvgIpc) is 2.06. The number of rotatable bonds is 2. The van der Waals surface area contributed by atoms with Crippen LogP contribution in [0.4, 0.5) is 0 Å². The minimum atomic E-state index is -1.42. The summed E-state index contributed by atoms with van der Waals surface area (Å²) in [5.74, 6) is 0. The zero-order valence-corrected chi connectivity index (χ0v) is 7.51. The Hall–Kier alpha value is -0.930. The highest BCUT2D eigenvalue weighted by molar-refractivity contribution is 7.80. The van der Waals surface area contributed by atoms with E-state index >= 15 is 0 Å². The summed E-state index contributed by atoms with van der Waals surface area (Å²) in [4.78, 5) is 0. The van der Waals surface area contributed by atoms with Gasteiger partial charge in [-0.3, -0.25) is 0 Å². The first-order valence-corrected chi connectivity index (χ1v) is 3.97. The summed E-state index contributed by atoms with van der Waals surface area (Å²) in [6, 6.07) is 8.81. The fourth-order valence-electron chi connectivity index (χ4n) is 0.886. The van der Waals surface area contributed by atoms with Crippen molar-refractivity contribution in [3.8, 4) is 0 Å². The highest BCUT2D eigenvalue weighted by Crippen LogP contribution is 2.20. The van der Waals surface area contributed by atoms with Crippen molar-refractivity contribution in [3.63, 3.8) is 0 Å². The van der Waals surface area contributed by atoms with Gasteiger partial charge in [-0.25, -0.2) is 0 Å². The molecule has 1 atom stereocenters. The van der Waals surface area contributed by atoms with Crippen LogP contribution in [0.15, 0.2) is 30.3 Å². The Bertz CT molecular complexity index is 280. The number of aliphatic hydroxyl groups excluding tert-OH is 1. The van der Waals surface area contributed by atoms with Gasteiger partial charge < -0.3 is 10.2 Å². The van der Waals surface area contributed by atoms with E-state index in [9.17, 15) is 5.11 Å². The van der Waals surface area contributed by atoms with Crippen LogP contribution in [0.2, 0.25) is 0 Å². The van der Waals surface area contributed by atoms with Gasteiger partial charge in [0.15, 0.2) is 10.7 Å². The van der Waals surface area contributed by atoms with Crippen molar-refractivity contribution in [2.45, 2.75) is 12.5 Å². The fraction of sp³-hybridized carbons (Fsp3) is 0.222. The van der Waals surface area contributed by atoms with E-state index in [-0.39, 0.29) is 0 Å². The van der Waals surface area contributed by atoms with Gasteiger partial charge in [0, 0.05) is 0 Å². The van der Waals surface area contributed by atoms with Crippen molar-refractivity contribution >= 4 is 17.3 Å². The van der Waals surface area contributed by atoms with Crippen molar-refractivity contribution in [2.24, 2.45) is 0 Å². The molecule has 2 nitrogen and oxygen atoms in total. The van der Waals surface area contributed by atoms with Gasteiger partial charge in [-0.15, -0.1) is 0 Å². The fourth-order valence-corrected chi connectivity index (χ4v) is 1.00. The van der Waals surface area contributed by atoms with Crippen LogP contribution in [-0.4, -0.2) is 15.3 Å². The largest absolute Gasteiger partial charge is 0.500 e. The quantitative estimate of drug-likeness (QED) is 0.685. The number of thiocarbonyl (C=S) groups is 1. The zero-order valence-electron chi connectivity index (χ0n) is 6.69. The monoisotopic (exact) mass is 182 g/mol. The van der Waals surface area contributed by atoms with E-state index < -0.39 is 10.7 Å². The minimum absolute atomic E-state index is 0.409. The highest BCUT2D eigenvalue weighted by atomic mass is 32.1. The van der Waals surface area contributed by atoms with Crippen LogP contribution in [0.5, 0.6) is 0 Å². The first kappa shape index (κ1) is 9.16. The molecular weight excluding hydrogens is 172 g/mol. The van der Waals surface area contributed by atoms with Gasteiger partial charge in [0.25, 0.3) is 0 Å². The van der Waals surface area contributed by atoms with Crippen LogP contribution >= 0.6 is 12.2 Å². The SMILES string of the molecule is C[C@](O)(C(O)=S)c1ccccc1. The van der Waals surface area contributed by atoms with E-state index in [1.165, 1.54) is 6.92 Å². The second kappa shape index (κ2) is 3.21. The molecule has 0 bridgehead atoms. The maximum absolute atomic E-state index is 9.67. The van der Waals surface area contributed by atoms with Crippen molar-refractivity contribution in [1.82, 2.24) is 0 Å². The molecule has 1 rings (SSSR count). The third kappa shape index (κ3) is 1.62. The summed E-state index contributed by atoms with van der Waals surface area (Å²) < 4.78 is 0. The Morgan fingerprint density at radius 3 is 2.25 bits per heavy atom. The smallest absolute Gasteiger partial charge is 0.193 e. The van der Waals surface area contributed by atoms with E-state index in [2.05, 4.69) is 12.2 Å². The average molecular weight is 182 g/mol. The predicted molar refractivity (Wildman–Crippen MR) is 51.2 cm³/mol. The van der Waals surface area contributed by atoms with Gasteiger partial charge in [-0.1, -0.05) is 30.3 Å². The van der Waals surface area contributed by atoms with E-state index in [1.54, 1.807) is 24.3 Å². The Labute approximate surface area is 76.5 Å². The molecule has 0 saturated heterocycles. The summed E-state index contributed by atoms with van der Waals surface area (Å²) in [5.41, 5.74) is -0.825. The first-order valence-electron chi connectivity index (χ1n) is 3.56. The molecular formula is C9H10O2S. The van der Waals surface area contributed by atoms with Crippen molar-refractivity contribution in [2.75, 3.05) is 0 Å². The van der Waals surface area contributed by atoms with Gasteiger partial charge in [0.1, 0.15) is 0 Å². The lowest BCUT2D eigenvalue weighted by Gasteiger charge is -2.20. The van der Waals surface area contributed by atoms with Gasteiger partial charge in [-0.2, -0.15) is 0 Å². The van der Waals surface area contributed by atoms with Crippen molar-refractivity contribution in [3.05, 3.63) is 35.9 Å². The second-order valence-corrected chi connectivity index (χ2v) is 3.13. The highest BCUT2D eigenvalue weighted by Gasteiger charge is 2.27. The van der Waals surface area contributed by atoms with E-state index in [4.69, 9.17) is 5.11 Å². The molecule has 1 aromatic rings. The Kier molecular flexibility index (Phi) is 2.45. The molecule has 0 fully saturated rings. The molecule has 0 aromatic heterocycles. The molecule has 3 heteroatoms. The molecule has 0 saturated carbocycles. The lowest BCUT2D eigenvalue weighted by Crippen LogP contribution is -2.30. The van der Waals surface area contributed by atoms with Crippen LogP contribution in [0.3, 0.4) is 0 Å². The Morgan fingerprint density at radius 1 is 1.33 bits per heavy atom. The lowest BCUT2D eigenvalue weighted by molar-refractivity contribution is 0.116. The Balaban J connectivity index is 3.06. The van der Waals surface area contributed by atoms with Crippen molar-refractivity contribution < 1.29 is 10.2 Å². The van der Waals surface area contributed by atoms with E-state index in [0.717, 1.165) is 0 Å². The molecule has 0 aliphatic rings. The van der Waals surface area contributed by atoms with Crippen LogP contribution in [0.1, 0.15) is 12.5 Å². The zero-order chi connectivity index (χ0) is 9.19. The molecule has 64 valence electrons. The molecule has 0 aliphatic heterocycles. The maximum atomic E-state index is 9.67. The van der Waals surface area contributed by atoms with Crippen molar-refractivity contribution in [1.29, 1.82) is 0 Å². The molecule has 0 amide bonds. The van der Waals surface area contributed by atoms with Crippen LogP contribution < -0.4 is 0 Å².